The summed E-state index contributed by atoms with van der Waals surface area (Å²) in [6.07, 6.45) is 22.3. The Morgan fingerprint density at radius 3 is 1.31 bits per heavy atom. The van der Waals surface area contributed by atoms with Crippen LogP contribution in [0.4, 0.5) is 11.4 Å². The number of aryl methyl sites for hydroxylation is 2. The van der Waals surface area contributed by atoms with Crippen LogP contribution in [0, 0.1) is 0 Å². The molecule has 0 bridgehead atoms. The summed E-state index contributed by atoms with van der Waals surface area (Å²) in [6.45, 7) is 9.90. The molecule has 5 rings (SSSR count). The molecule has 42 heavy (non-hydrogen) atoms. The molecule has 1 aliphatic heterocycles. The summed E-state index contributed by atoms with van der Waals surface area (Å²) in [5.41, 5.74) is 4.90. The second kappa shape index (κ2) is 17.3. The first-order valence-electron chi connectivity index (χ1n) is 16.4. The Balaban J connectivity index is 0.000000214. The highest BCUT2D eigenvalue weighted by Crippen LogP contribution is 2.45. The SMILES string of the molecule is CCCCCCC[n+]1ccc(-c2cc[n+](CCCCCCC)cc2)cc1.CCN1c2ccccc2Oc2ccccc21. The van der Waals surface area contributed by atoms with Crippen molar-refractivity contribution in [3.63, 3.8) is 0 Å². The predicted octanol–water partition coefficient (Wildman–Crippen LogP) is 9.82. The van der Waals surface area contributed by atoms with Gasteiger partial charge in [-0.25, -0.2) is 9.13 Å². The van der Waals surface area contributed by atoms with E-state index in [1.54, 1.807) is 0 Å². The maximum atomic E-state index is 5.87. The molecule has 1 aliphatic rings. The molecule has 4 aromatic rings. The van der Waals surface area contributed by atoms with Gasteiger partial charge in [-0.3, -0.25) is 0 Å². The van der Waals surface area contributed by atoms with Gasteiger partial charge < -0.3 is 9.64 Å². The van der Waals surface area contributed by atoms with Crippen molar-refractivity contribution >= 4 is 11.4 Å². The highest BCUT2D eigenvalue weighted by molar-refractivity contribution is 5.77. The summed E-state index contributed by atoms with van der Waals surface area (Å²) < 4.78 is 10.5. The van der Waals surface area contributed by atoms with Crippen molar-refractivity contribution in [2.75, 3.05) is 11.4 Å². The first kappa shape index (κ1) is 31.3. The third kappa shape index (κ3) is 9.17. The third-order valence-electron chi connectivity index (χ3n) is 8.00. The maximum Gasteiger partial charge on any atom is 0.169 e. The van der Waals surface area contributed by atoms with Crippen molar-refractivity contribution in [3.8, 4) is 22.6 Å². The lowest BCUT2D eigenvalue weighted by Crippen LogP contribution is -2.33. The van der Waals surface area contributed by atoms with Gasteiger partial charge in [0.25, 0.3) is 0 Å². The fourth-order valence-electron chi connectivity index (χ4n) is 5.52. The van der Waals surface area contributed by atoms with E-state index in [1.165, 1.54) is 75.3 Å². The Morgan fingerprint density at radius 1 is 0.500 bits per heavy atom. The lowest BCUT2D eigenvalue weighted by Gasteiger charge is -2.31. The van der Waals surface area contributed by atoms with Crippen molar-refractivity contribution in [1.29, 1.82) is 0 Å². The minimum atomic E-state index is 0.933. The van der Waals surface area contributed by atoms with Gasteiger partial charge in [-0.05, 0) is 55.2 Å². The van der Waals surface area contributed by atoms with Gasteiger partial charge in [0.15, 0.2) is 36.3 Å². The molecule has 2 aromatic heterocycles. The highest BCUT2D eigenvalue weighted by Gasteiger charge is 2.21. The van der Waals surface area contributed by atoms with Crippen LogP contribution >= 0.6 is 0 Å². The summed E-state index contributed by atoms with van der Waals surface area (Å²) in [5.74, 6) is 1.87. The van der Waals surface area contributed by atoms with Gasteiger partial charge in [-0.1, -0.05) is 76.6 Å². The van der Waals surface area contributed by atoms with E-state index in [2.05, 4.69) is 96.0 Å². The number of nitrogens with zero attached hydrogens (tertiary/aromatic N) is 3. The second-order valence-corrected chi connectivity index (χ2v) is 11.3. The summed E-state index contributed by atoms with van der Waals surface area (Å²) in [6, 6.07) is 25.3. The molecule has 0 atom stereocenters. The van der Waals surface area contributed by atoms with Crippen molar-refractivity contribution in [1.82, 2.24) is 0 Å². The molecule has 0 spiro atoms. The van der Waals surface area contributed by atoms with Gasteiger partial charge in [0.05, 0.1) is 11.4 Å². The molecule has 0 amide bonds. The summed E-state index contributed by atoms with van der Waals surface area (Å²) in [5, 5.41) is 0. The zero-order chi connectivity index (χ0) is 29.4. The number of hydrogen-bond donors (Lipinski definition) is 0. The molecule has 222 valence electrons. The van der Waals surface area contributed by atoms with E-state index in [-0.39, 0.29) is 0 Å². The Labute approximate surface area is 254 Å². The van der Waals surface area contributed by atoms with Crippen LogP contribution in [0.3, 0.4) is 0 Å². The number of benzene rings is 2. The van der Waals surface area contributed by atoms with Crippen LogP contribution in [0.2, 0.25) is 0 Å². The first-order valence-corrected chi connectivity index (χ1v) is 16.4. The van der Waals surface area contributed by atoms with E-state index in [0.29, 0.717) is 0 Å². The van der Waals surface area contributed by atoms with Crippen LogP contribution in [0.5, 0.6) is 11.5 Å². The molecule has 0 saturated heterocycles. The average molecular weight is 566 g/mol. The number of anilines is 2. The normalized spacial score (nSPS) is 11.6. The predicted molar refractivity (Wildman–Crippen MR) is 175 cm³/mol. The Bertz CT molecular complexity index is 1220. The fraction of sp³-hybridized carbons (Fsp3) is 0.421. The van der Waals surface area contributed by atoms with Crippen molar-refractivity contribution in [2.24, 2.45) is 0 Å². The number of pyridine rings is 2. The van der Waals surface area contributed by atoms with Gasteiger partial charge in [0.2, 0.25) is 0 Å². The van der Waals surface area contributed by atoms with Gasteiger partial charge in [0.1, 0.15) is 13.1 Å². The molecular formula is C38H51N3O+2. The van der Waals surface area contributed by atoms with Crippen LogP contribution in [0.25, 0.3) is 11.1 Å². The van der Waals surface area contributed by atoms with E-state index in [0.717, 1.165) is 42.5 Å². The van der Waals surface area contributed by atoms with Crippen molar-refractivity contribution < 1.29 is 13.9 Å². The monoisotopic (exact) mass is 565 g/mol. The average Bonchev–Trinajstić information content (AvgIpc) is 3.04. The molecule has 2 aromatic carbocycles. The van der Waals surface area contributed by atoms with Gasteiger partial charge >= 0.3 is 0 Å². The second-order valence-electron chi connectivity index (χ2n) is 11.3. The summed E-state index contributed by atoms with van der Waals surface area (Å²) in [7, 11) is 0. The van der Waals surface area contributed by atoms with Crippen LogP contribution in [0.1, 0.15) is 85.0 Å². The Kier molecular flexibility index (Phi) is 12.9. The molecule has 0 N–H and O–H groups in total. The highest BCUT2D eigenvalue weighted by atomic mass is 16.5. The van der Waals surface area contributed by atoms with E-state index in [9.17, 15) is 0 Å². The molecule has 0 unspecified atom stereocenters. The topological polar surface area (TPSA) is 20.2 Å². The zero-order valence-electron chi connectivity index (χ0n) is 26.2. The van der Waals surface area contributed by atoms with E-state index in [1.807, 2.05) is 36.4 Å². The van der Waals surface area contributed by atoms with Gasteiger partial charge in [-0.15, -0.1) is 0 Å². The molecule has 4 nitrogen and oxygen atoms in total. The number of rotatable bonds is 14. The standard InChI is InChI=1S/C24H38N2.C14H13NO/c1-3-5-7-9-11-17-25-19-13-23(14-20-25)24-15-21-26(22-16-24)18-12-10-8-6-4-2;1-2-15-11-7-3-5-9-13(11)16-14-10-6-4-8-12(14)15/h13-16,19-22H,3-12,17-18H2,1-2H3;3-10H,2H2,1H3/q+2;. The number of para-hydroxylation sites is 4. The number of ether oxygens (including phenoxy) is 1. The lowest BCUT2D eigenvalue weighted by molar-refractivity contribution is -0.697. The number of unbranched alkanes of at least 4 members (excludes halogenated alkanes) is 8. The minimum absolute atomic E-state index is 0.933. The fourth-order valence-corrected chi connectivity index (χ4v) is 5.52. The smallest absolute Gasteiger partial charge is 0.169 e. The lowest BCUT2D eigenvalue weighted by atomic mass is 10.1. The van der Waals surface area contributed by atoms with Crippen LogP contribution < -0.4 is 18.8 Å². The largest absolute Gasteiger partial charge is 0.453 e. The minimum Gasteiger partial charge on any atom is -0.453 e. The Morgan fingerprint density at radius 2 is 0.905 bits per heavy atom. The zero-order valence-corrected chi connectivity index (χ0v) is 26.2. The molecule has 0 fully saturated rings. The quantitative estimate of drug-likeness (QED) is 0.112. The van der Waals surface area contributed by atoms with E-state index < -0.39 is 0 Å². The summed E-state index contributed by atoms with van der Waals surface area (Å²) in [4.78, 5) is 2.27. The Hall–Kier alpha value is -3.66. The van der Waals surface area contributed by atoms with E-state index in [4.69, 9.17) is 4.74 Å². The van der Waals surface area contributed by atoms with Gasteiger partial charge in [0, 0.05) is 43.7 Å². The van der Waals surface area contributed by atoms with Crippen LogP contribution in [-0.4, -0.2) is 6.54 Å². The van der Waals surface area contributed by atoms with E-state index >= 15 is 0 Å². The third-order valence-corrected chi connectivity index (χ3v) is 8.00. The van der Waals surface area contributed by atoms with Crippen molar-refractivity contribution in [3.05, 3.63) is 97.6 Å². The number of aromatic nitrogens is 2. The molecule has 4 heteroatoms. The van der Waals surface area contributed by atoms with Crippen LogP contribution in [0.15, 0.2) is 97.6 Å². The molecule has 0 saturated carbocycles. The van der Waals surface area contributed by atoms with Gasteiger partial charge in [-0.2, -0.15) is 0 Å². The molecule has 3 heterocycles. The van der Waals surface area contributed by atoms with Crippen LogP contribution in [-0.2, 0) is 13.1 Å². The number of hydrogen-bond acceptors (Lipinski definition) is 2. The molecule has 0 radical (unpaired) electrons. The van der Waals surface area contributed by atoms with Crippen molar-refractivity contribution in [2.45, 2.75) is 98.1 Å². The molecule has 0 aliphatic carbocycles. The molecular weight excluding hydrogens is 514 g/mol. The first-order chi connectivity index (χ1) is 20.7. The number of fused-ring (bicyclic) bond motifs is 2. The summed E-state index contributed by atoms with van der Waals surface area (Å²) >= 11 is 0. The maximum absolute atomic E-state index is 5.87.